The Morgan fingerprint density at radius 1 is 1.07 bits per heavy atom. The molecule has 6 nitrogen and oxygen atoms in total. The number of benzene rings is 2. The third-order valence-electron chi connectivity index (χ3n) is 4.51. The summed E-state index contributed by atoms with van der Waals surface area (Å²) in [4.78, 5) is 9.11. The van der Waals surface area contributed by atoms with Gasteiger partial charge in [-0.15, -0.1) is 0 Å². The van der Waals surface area contributed by atoms with Crippen molar-refractivity contribution in [3.05, 3.63) is 52.0 Å². The Morgan fingerprint density at radius 2 is 1.80 bits per heavy atom. The first-order valence-corrected chi connectivity index (χ1v) is 10.6. The minimum Gasteiger partial charge on any atom is -0.493 e. The second-order valence-electron chi connectivity index (χ2n) is 6.53. The molecule has 0 bridgehead atoms. The number of nitrogens with zero attached hydrogens (tertiary/aromatic N) is 3. The van der Waals surface area contributed by atoms with Gasteiger partial charge in [-0.2, -0.15) is 5.26 Å². The van der Waals surface area contributed by atoms with Gasteiger partial charge in [0.25, 0.3) is 0 Å². The number of rotatable bonds is 6. The van der Waals surface area contributed by atoms with E-state index in [4.69, 9.17) is 21.1 Å². The van der Waals surface area contributed by atoms with Crippen LogP contribution in [-0.4, -0.2) is 30.4 Å². The minimum atomic E-state index is 0.316. The number of thioether (sulfide) groups is 1. The maximum absolute atomic E-state index is 9.95. The van der Waals surface area contributed by atoms with Crippen LogP contribution in [0.25, 0.3) is 11.3 Å². The molecule has 1 aromatic heterocycles. The zero-order valence-corrected chi connectivity index (χ0v) is 18.9. The maximum atomic E-state index is 9.95. The SMILES string of the molecule is COc1ccc(-c2nc(SC)nc(Nc3c(C)cc(C)cc3Cl)c2C#N)cc1OC. The molecule has 0 fully saturated rings. The molecule has 3 rings (SSSR count). The molecule has 0 aliphatic rings. The summed E-state index contributed by atoms with van der Waals surface area (Å²) in [5, 5.41) is 14.3. The average Bonchev–Trinajstić information content (AvgIpc) is 2.74. The van der Waals surface area contributed by atoms with E-state index in [2.05, 4.69) is 21.4 Å². The van der Waals surface area contributed by atoms with Crippen LogP contribution in [0.3, 0.4) is 0 Å². The summed E-state index contributed by atoms with van der Waals surface area (Å²) in [5.74, 6) is 1.55. The lowest BCUT2D eigenvalue weighted by atomic mass is 10.1. The molecule has 1 N–H and O–H groups in total. The van der Waals surface area contributed by atoms with Gasteiger partial charge in [0.15, 0.2) is 22.5 Å². The van der Waals surface area contributed by atoms with E-state index in [-0.39, 0.29) is 0 Å². The van der Waals surface area contributed by atoms with E-state index in [1.807, 2.05) is 38.3 Å². The Kier molecular flexibility index (Phi) is 6.70. The number of hydrogen-bond donors (Lipinski definition) is 1. The maximum Gasteiger partial charge on any atom is 0.189 e. The molecular formula is C22H21ClN4O2S. The number of anilines is 2. The van der Waals surface area contributed by atoms with Crippen LogP contribution in [0.1, 0.15) is 16.7 Å². The highest BCUT2D eigenvalue weighted by molar-refractivity contribution is 7.98. The van der Waals surface area contributed by atoms with Gasteiger partial charge >= 0.3 is 0 Å². The lowest BCUT2D eigenvalue weighted by Gasteiger charge is -2.16. The van der Waals surface area contributed by atoms with Crippen LogP contribution in [0.4, 0.5) is 11.5 Å². The van der Waals surface area contributed by atoms with Crippen LogP contribution in [0.5, 0.6) is 11.5 Å². The highest BCUT2D eigenvalue weighted by atomic mass is 35.5. The van der Waals surface area contributed by atoms with E-state index in [0.29, 0.717) is 44.4 Å². The summed E-state index contributed by atoms with van der Waals surface area (Å²) >= 11 is 7.85. The van der Waals surface area contributed by atoms with Gasteiger partial charge in [-0.3, -0.25) is 0 Å². The van der Waals surface area contributed by atoms with Gasteiger partial charge in [0.2, 0.25) is 0 Å². The van der Waals surface area contributed by atoms with Crippen LogP contribution in [0.15, 0.2) is 35.5 Å². The van der Waals surface area contributed by atoms with Gasteiger partial charge in [0.05, 0.1) is 30.6 Å². The smallest absolute Gasteiger partial charge is 0.189 e. The van der Waals surface area contributed by atoms with Gasteiger partial charge in [-0.1, -0.05) is 29.4 Å². The molecule has 0 aliphatic heterocycles. The Balaban J connectivity index is 2.19. The van der Waals surface area contributed by atoms with E-state index >= 15 is 0 Å². The lowest BCUT2D eigenvalue weighted by Crippen LogP contribution is -2.05. The Hall–Kier alpha value is -2.95. The summed E-state index contributed by atoms with van der Waals surface area (Å²) in [7, 11) is 3.14. The van der Waals surface area contributed by atoms with Gasteiger partial charge in [0.1, 0.15) is 11.6 Å². The van der Waals surface area contributed by atoms with Crippen molar-refractivity contribution in [1.29, 1.82) is 5.26 Å². The average molecular weight is 441 g/mol. The molecule has 0 atom stereocenters. The van der Waals surface area contributed by atoms with Crippen molar-refractivity contribution in [2.75, 3.05) is 25.8 Å². The Morgan fingerprint density at radius 3 is 2.40 bits per heavy atom. The molecular weight excluding hydrogens is 420 g/mol. The van der Waals surface area contributed by atoms with Crippen LogP contribution in [0, 0.1) is 25.2 Å². The van der Waals surface area contributed by atoms with Gasteiger partial charge < -0.3 is 14.8 Å². The fourth-order valence-corrected chi connectivity index (χ4v) is 3.85. The number of methoxy groups -OCH3 is 2. The van der Waals surface area contributed by atoms with Crippen molar-refractivity contribution in [2.24, 2.45) is 0 Å². The number of aryl methyl sites for hydroxylation is 2. The molecule has 154 valence electrons. The van der Waals surface area contributed by atoms with Crippen LogP contribution in [-0.2, 0) is 0 Å². The van der Waals surface area contributed by atoms with Crippen molar-refractivity contribution in [3.8, 4) is 28.8 Å². The van der Waals surface area contributed by atoms with E-state index in [1.165, 1.54) is 11.8 Å². The summed E-state index contributed by atoms with van der Waals surface area (Å²) in [6.07, 6.45) is 1.88. The molecule has 0 amide bonds. The molecule has 0 unspecified atom stereocenters. The monoisotopic (exact) mass is 440 g/mol. The second-order valence-corrected chi connectivity index (χ2v) is 7.71. The van der Waals surface area contributed by atoms with Crippen molar-refractivity contribution in [3.63, 3.8) is 0 Å². The molecule has 0 aliphatic carbocycles. The molecule has 30 heavy (non-hydrogen) atoms. The first-order valence-electron chi connectivity index (χ1n) is 9.04. The molecule has 8 heteroatoms. The summed E-state index contributed by atoms with van der Waals surface area (Å²) in [6.45, 7) is 3.94. The van der Waals surface area contributed by atoms with Gasteiger partial charge in [0, 0.05) is 5.56 Å². The van der Waals surface area contributed by atoms with Crippen LogP contribution < -0.4 is 14.8 Å². The topological polar surface area (TPSA) is 80.1 Å². The Bertz CT molecular complexity index is 1120. The molecule has 0 spiro atoms. The molecule has 0 radical (unpaired) electrons. The second kappa shape index (κ2) is 9.24. The minimum absolute atomic E-state index is 0.316. The number of hydrogen-bond acceptors (Lipinski definition) is 7. The molecule has 0 saturated heterocycles. The summed E-state index contributed by atoms with van der Waals surface area (Å²) < 4.78 is 10.7. The predicted octanol–water partition coefficient (Wildman–Crippen LogP) is 5.77. The van der Waals surface area contributed by atoms with E-state index in [1.54, 1.807) is 26.4 Å². The quantitative estimate of drug-likeness (QED) is 0.385. The third-order valence-corrected chi connectivity index (χ3v) is 5.36. The number of aromatic nitrogens is 2. The predicted molar refractivity (Wildman–Crippen MR) is 121 cm³/mol. The van der Waals surface area contributed by atoms with E-state index < -0.39 is 0 Å². The van der Waals surface area contributed by atoms with Crippen molar-refractivity contribution in [1.82, 2.24) is 9.97 Å². The summed E-state index contributed by atoms with van der Waals surface area (Å²) in [6, 6.07) is 11.5. The fourth-order valence-electron chi connectivity index (χ4n) is 3.11. The first-order chi connectivity index (χ1) is 14.4. The largest absolute Gasteiger partial charge is 0.493 e. The number of nitriles is 1. The number of halogens is 1. The van der Waals surface area contributed by atoms with Gasteiger partial charge in [-0.05, 0) is 55.5 Å². The molecule has 0 saturated carbocycles. The molecule has 1 heterocycles. The zero-order chi connectivity index (χ0) is 21.8. The number of nitrogens with one attached hydrogen (secondary N) is 1. The highest BCUT2D eigenvalue weighted by Crippen LogP contribution is 2.37. The van der Waals surface area contributed by atoms with E-state index in [9.17, 15) is 5.26 Å². The highest BCUT2D eigenvalue weighted by Gasteiger charge is 2.19. The van der Waals surface area contributed by atoms with Gasteiger partial charge in [-0.25, -0.2) is 9.97 Å². The van der Waals surface area contributed by atoms with Crippen LogP contribution in [0.2, 0.25) is 5.02 Å². The summed E-state index contributed by atoms with van der Waals surface area (Å²) in [5.41, 5.74) is 4.26. The standard InChI is InChI=1S/C22H21ClN4O2S/c1-12-8-13(2)19(16(23)9-12)25-21-15(11-24)20(26-22(27-21)30-5)14-6-7-17(28-3)18(10-14)29-4/h6-10H,1-5H3,(H,25,26,27). The fraction of sp³-hybridized carbons (Fsp3) is 0.227. The molecule has 2 aromatic carbocycles. The number of ether oxygens (including phenoxy) is 2. The first kappa shape index (κ1) is 21.8. The lowest BCUT2D eigenvalue weighted by molar-refractivity contribution is 0.355. The van der Waals surface area contributed by atoms with E-state index in [0.717, 1.165) is 16.7 Å². The van der Waals surface area contributed by atoms with Crippen molar-refractivity contribution < 1.29 is 9.47 Å². The zero-order valence-electron chi connectivity index (χ0n) is 17.3. The van der Waals surface area contributed by atoms with Crippen LogP contribution >= 0.6 is 23.4 Å². The molecule has 3 aromatic rings. The third kappa shape index (κ3) is 4.30. The normalized spacial score (nSPS) is 10.4. The van der Waals surface area contributed by atoms with Crippen molar-refractivity contribution in [2.45, 2.75) is 19.0 Å². The van der Waals surface area contributed by atoms with Crippen molar-refractivity contribution >= 4 is 34.9 Å². The Labute approximate surface area is 185 Å².